The Morgan fingerprint density at radius 2 is 2.11 bits per heavy atom. The van der Waals surface area contributed by atoms with Crippen LogP contribution < -0.4 is 15.8 Å². The number of nitrogens with one attached hydrogen (secondary N) is 1. The van der Waals surface area contributed by atoms with Gasteiger partial charge in [0.25, 0.3) is 5.91 Å². The van der Waals surface area contributed by atoms with E-state index in [1.165, 1.54) is 12.8 Å². The summed E-state index contributed by atoms with van der Waals surface area (Å²) in [7, 11) is 0. The highest BCUT2D eigenvalue weighted by Gasteiger charge is 2.21. The Morgan fingerprint density at radius 1 is 1.42 bits per heavy atom. The van der Waals surface area contributed by atoms with Gasteiger partial charge in [-0.2, -0.15) is 0 Å². The number of ether oxygens (including phenoxy) is 1. The number of carbonyl (C=O) groups is 1. The zero-order chi connectivity index (χ0) is 13.7. The maximum Gasteiger partial charge on any atom is 0.257 e. The van der Waals surface area contributed by atoms with Gasteiger partial charge in [-0.3, -0.25) is 4.79 Å². The second-order valence-electron chi connectivity index (χ2n) is 5.12. The van der Waals surface area contributed by atoms with Crippen LogP contribution in [-0.4, -0.2) is 19.1 Å². The standard InChI is InChI=1S/C15H22N2O2/c1-2-14(16)12-5-7-13(8-6-12)19-10-15(18)17-9-11-3-4-11/h5-8,11,14H,2-4,9-10,16H2,1H3,(H,17,18). The van der Waals surface area contributed by atoms with Crippen LogP contribution in [0.2, 0.25) is 0 Å². The summed E-state index contributed by atoms with van der Waals surface area (Å²) >= 11 is 0. The molecule has 1 aromatic rings. The predicted molar refractivity (Wildman–Crippen MR) is 74.9 cm³/mol. The number of rotatable bonds is 7. The molecule has 0 aromatic heterocycles. The van der Waals surface area contributed by atoms with Crippen molar-refractivity contribution in [3.05, 3.63) is 29.8 Å². The molecule has 1 aromatic carbocycles. The van der Waals surface area contributed by atoms with E-state index < -0.39 is 0 Å². The molecule has 4 heteroatoms. The predicted octanol–water partition coefficient (Wildman–Crippen LogP) is 2.00. The molecule has 3 N–H and O–H groups in total. The van der Waals surface area contributed by atoms with Gasteiger partial charge in [0.05, 0.1) is 0 Å². The lowest BCUT2D eigenvalue weighted by Gasteiger charge is -2.11. The summed E-state index contributed by atoms with van der Waals surface area (Å²) in [5, 5.41) is 2.87. The lowest BCUT2D eigenvalue weighted by atomic mass is 10.1. The normalized spacial score (nSPS) is 15.9. The number of hydrogen-bond acceptors (Lipinski definition) is 3. The molecule has 1 aliphatic rings. The third-order valence-corrected chi connectivity index (χ3v) is 3.40. The SMILES string of the molecule is CCC(N)c1ccc(OCC(=O)NCC2CC2)cc1. The first-order valence-corrected chi connectivity index (χ1v) is 6.94. The fourth-order valence-corrected chi connectivity index (χ4v) is 1.83. The molecule has 0 saturated heterocycles. The highest BCUT2D eigenvalue weighted by molar-refractivity contribution is 5.77. The van der Waals surface area contributed by atoms with Crippen molar-refractivity contribution in [2.45, 2.75) is 32.2 Å². The minimum absolute atomic E-state index is 0.0544. The van der Waals surface area contributed by atoms with Crippen LogP contribution in [0.4, 0.5) is 0 Å². The van der Waals surface area contributed by atoms with Gasteiger partial charge in [0.1, 0.15) is 5.75 Å². The largest absolute Gasteiger partial charge is 0.484 e. The van der Waals surface area contributed by atoms with Crippen molar-refractivity contribution < 1.29 is 9.53 Å². The van der Waals surface area contributed by atoms with Crippen LogP contribution in [0.3, 0.4) is 0 Å². The molecule has 0 heterocycles. The molecule has 2 rings (SSSR count). The maximum atomic E-state index is 11.5. The molecule has 1 fully saturated rings. The molecule has 0 spiro atoms. The topological polar surface area (TPSA) is 64.3 Å². The summed E-state index contributed by atoms with van der Waals surface area (Å²) in [6.45, 7) is 2.91. The van der Waals surface area contributed by atoms with Crippen molar-refractivity contribution in [2.24, 2.45) is 11.7 Å². The van der Waals surface area contributed by atoms with Gasteiger partial charge in [-0.1, -0.05) is 19.1 Å². The van der Waals surface area contributed by atoms with E-state index >= 15 is 0 Å². The summed E-state index contributed by atoms with van der Waals surface area (Å²) in [6.07, 6.45) is 3.38. The quantitative estimate of drug-likeness (QED) is 0.790. The smallest absolute Gasteiger partial charge is 0.257 e. The summed E-state index contributed by atoms with van der Waals surface area (Å²) in [4.78, 5) is 11.5. The Bertz CT molecular complexity index is 413. The van der Waals surface area contributed by atoms with E-state index in [9.17, 15) is 4.79 Å². The molecule has 19 heavy (non-hydrogen) atoms. The van der Waals surface area contributed by atoms with E-state index in [4.69, 9.17) is 10.5 Å². The van der Waals surface area contributed by atoms with Gasteiger partial charge >= 0.3 is 0 Å². The second kappa shape index (κ2) is 6.57. The Balaban J connectivity index is 1.74. The van der Waals surface area contributed by atoms with Crippen LogP contribution in [0.5, 0.6) is 5.75 Å². The fourth-order valence-electron chi connectivity index (χ4n) is 1.83. The maximum absolute atomic E-state index is 11.5. The van der Waals surface area contributed by atoms with E-state index in [0.29, 0.717) is 11.7 Å². The number of nitrogens with two attached hydrogens (primary N) is 1. The average molecular weight is 262 g/mol. The minimum atomic E-state index is -0.0544. The van der Waals surface area contributed by atoms with Crippen molar-refractivity contribution in [1.82, 2.24) is 5.32 Å². The Labute approximate surface area is 114 Å². The van der Waals surface area contributed by atoms with Crippen LogP contribution in [0, 0.1) is 5.92 Å². The van der Waals surface area contributed by atoms with Gasteiger partial charge in [-0.25, -0.2) is 0 Å². The first kappa shape index (κ1) is 13.9. The first-order valence-electron chi connectivity index (χ1n) is 6.94. The molecule has 1 unspecified atom stereocenters. The molecule has 1 atom stereocenters. The summed E-state index contributed by atoms with van der Waals surface area (Å²) in [6, 6.07) is 7.69. The molecule has 1 amide bonds. The molecule has 0 radical (unpaired) electrons. The van der Waals surface area contributed by atoms with Crippen LogP contribution >= 0.6 is 0 Å². The zero-order valence-electron chi connectivity index (χ0n) is 11.4. The Hall–Kier alpha value is -1.55. The third kappa shape index (κ3) is 4.56. The molecule has 1 saturated carbocycles. The van der Waals surface area contributed by atoms with E-state index in [2.05, 4.69) is 12.2 Å². The van der Waals surface area contributed by atoms with E-state index in [-0.39, 0.29) is 18.6 Å². The van der Waals surface area contributed by atoms with Gasteiger partial charge < -0.3 is 15.8 Å². The zero-order valence-corrected chi connectivity index (χ0v) is 11.4. The van der Waals surface area contributed by atoms with E-state index in [0.717, 1.165) is 18.5 Å². The Morgan fingerprint density at radius 3 is 2.68 bits per heavy atom. The van der Waals surface area contributed by atoms with Crippen LogP contribution in [0.1, 0.15) is 37.8 Å². The van der Waals surface area contributed by atoms with Crippen molar-refractivity contribution in [3.8, 4) is 5.75 Å². The van der Waals surface area contributed by atoms with E-state index in [1.54, 1.807) is 0 Å². The highest BCUT2D eigenvalue weighted by Crippen LogP contribution is 2.27. The van der Waals surface area contributed by atoms with Gasteiger partial charge in [0, 0.05) is 12.6 Å². The first-order chi connectivity index (χ1) is 9.19. The summed E-state index contributed by atoms with van der Waals surface area (Å²) in [5.41, 5.74) is 7.03. The van der Waals surface area contributed by atoms with Crippen molar-refractivity contribution in [3.63, 3.8) is 0 Å². The van der Waals surface area contributed by atoms with Gasteiger partial charge in [0.15, 0.2) is 6.61 Å². The second-order valence-corrected chi connectivity index (χ2v) is 5.12. The molecule has 104 valence electrons. The fraction of sp³-hybridized carbons (Fsp3) is 0.533. The van der Waals surface area contributed by atoms with Gasteiger partial charge in [-0.05, 0) is 42.9 Å². The minimum Gasteiger partial charge on any atom is -0.484 e. The molecule has 0 bridgehead atoms. The Kier molecular flexibility index (Phi) is 4.80. The number of hydrogen-bond donors (Lipinski definition) is 2. The number of amides is 1. The molecular formula is C15H22N2O2. The monoisotopic (exact) mass is 262 g/mol. The lowest BCUT2D eigenvalue weighted by Crippen LogP contribution is -2.30. The highest BCUT2D eigenvalue weighted by atomic mass is 16.5. The van der Waals surface area contributed by atoms with Crippen molar-refractivity contribution in [2.75, 3.05) is 13.2 Å². The van der Waals surface area contributed by atoms with Crippen LogP contribution in [0.25, 0.3) is 0 Å². The average Bonchev–Trinajstić information content (AvgIpc) is 3.26. The van der Waals surface area contributed by atoms with Crippen LogP contribution in [-0.2, 0) is 4.79 Å². The van der Waals surface area contributed by atoms with Crippen molar-refractivity contribution >= 4 is 5.91 Å². The summed E-state index contributed by atoms with van der Waals surface area (Å²) < 4.78 is 5.44. The van der Waals surface area contributed by atoms with Crippen LogP contribution in [0.15, 0.2) is 24.3 Å². The van der Waals surface area contributed by atoms with E-state index in [1.807, 2.05) is 24.3 Å². The number of benzene rings is 1. The molecular weight excluding hydrogens is 240 g/mol. The van der Waals surface area contributed by atoms with Crippen molar-refractivity contribution in [1.29, 1.82) is 0 Å². The number of carbonyl (C=O) groups excluding carboxylic acids is 1. The van der Waals surface area contributed by atoms with Gasteiger partial charge in [0.2, 0.25) is 0 Å². The van der Waals surface area contributed by atoms with Gasteiger partial charge in [-0.15, -0.1) is 0 Å². The summed E-state index contributed by atoms with van der Waals surface area (Å²) in [5.74, 6) is 1.34. The molecule has 4 nitrogen and oxygen atoms in total. The molecule has 1 aliphatic carbocycles. The molecule has 0 aliphatic heterocycles. The third-order valence-electron chi connectivity index (χ3n) is 3.40. The lowest BCUT2D eigenvalue weighted by molar-refractivity contribution is -0.123.